The van der Waals surface area contributed by atoms with E-state index in [4.69, 9.17) is 9.47 Å². The van der Waals surface area contributed by atoms with Gasteiger partial charge in [-0.25, -0.2) is 4.98 Å². The van der Waals surface area contributed by atoms with Crippen molar-refractivity contribution in [3.63, 3.8) is 0 Å². The molecule has 0 aliphatic rings. The maximum Gasteiger partial charge on any atom is 0.262 e. The van der Waals surface area contributed by atoms with Gasteiger partial charge in [-0.05, 0) is 30.2 Å². The topological polar surface area (TPSA) is 82.5 Å². The molecular weight excluding hydrogens is 402 g/mol. The van der Waals surface area contributed by atoms with E-state index in [-0.39, 0.29) is 23.1 Å². The van der Waals surface area contributed by atoms with Crippen molar-refractivity contribution in [2.45, 2.75) is 25.5 Å². The van der Waals surface area contributed by atoms with Gasteiger partial charge in [0.25, 0.3) is 5.56 Å². The second-order valence-corrected chi connectivity index (χ2v) is 8.07. The fraction of sp³-hybridized carbons (Fsp3) is 0.318. The van der Waals surface area contributed by atoms with Crippen LogP contribution in [-0.2, 0) is 11.3 Å². The zero-order valence-electron chi connectivity index (χ0n) is 17.5. The minimum absolute atomic E-state index is 0.0860. The molecule has 2 aromatic carbocycles. The summed E-state index contributed by atoms with van der Waals surface area (Å²) in [5.74, 6) is 1.31. The van der Waals surface area contributed by atoms with Gasteiger partial charge in [0.15, 0.2) is 16.7 Å². The van der Waals surface area contributed by atoms with Gasteiger partial charge in [0.05, 0.1) is 30.9 Å². The van der Waals surface area contributed by atoms with Crippen molar-refractivity contribution in [3.05, 3.63) is 52.8 Å². The average molecular weight is 428 g/mol. The second kappa shape index (κ2) is 9.67. The molecule has 8 heteroatoms. The first kappa shape index (κ1) is 21.7. The van der Waals surface area contributed by atoms with Crippen molar-refractivity contribution in [3.8, 4) is 11.5 Å². The van der Waals surface area contributed by atoms with Gasteiger partial charge in [0, 0.05) is 18.3 Å². The highest BCUT2D eigenvalue weighted by Gasteiger charge is 2.15. The van der Waals surface area contributed by atoms with Crippen LogP contribution in [0.3, 0.4) is 0 Å². The Morgan fingerprint density at radius 2 is 1.87 bits per heavy atom. The number of nitrogens with one attached hydrogen (secondary N) is 1. The van der Waals surface area contributed by atoms with Gasteiger partial charge < -0.3 is 14.8 Å². The van der Waals surface area contributed by atoms with E-state index in [1.165, 1.54) is 11.8 Å². The molecule has 0 radical (unpaired) electrons. The number of carbonyl (C=O) groups excluding carboxylic acids is 1. The molecule has 0 fully saturated rings. The largest absolute Gasteiger partial charge is 0.493 e. The van der Waals surface area contributed by atoms with Crippen molar-refractivity contribution in [1.29, 1.82) is 0 Å². The smallest absolute Gasteiger partial charge is 0.262 e. The van der Waals surface area contributed by atoms with Crippen LogP contribution in [0, 0.1) is 5.92 Å². The van der Waals surface area contributed by atoms with Crippen LogP contribution in [0.1, 0.15) is 13.8 Å². The molecule has 30 heavy (non-hydrogen) atoms. The molecule has 0 unspecified atom stereocenters. The van der Waals surface area contributed by atoms with E-state index in [0.717, 1.165) is 0 Å². The molecular formula is C22H25N3O4S. The number of aromatic nitrogens is 2. The first-order valence-electron chi connectivity index (χ1n) is 9.57. The van der Waals surface area contributed by atoms with E-state index < -0.39 is 0 Å². The first-order valence-corrected chi connectivity index (χ1v) is 10.6. The predicted molar refractivity (Wildman–Crippen MR) is 120 cm³/mol. The van der Waals surface area contributed by atoms with Crippen molar-refractivity contribution < 1.29 is 14.3 Å². The maximum absolute atomic E-state index is 12.9. The van der Waals surface area contributed by atoms with E-state index in [2.05, 4.69) is 10.3 Å². The van der Waals surface area contributed by atoms with E-state index in [1.54, 1.807) is 43.1 Å². The van der Waals surface area contributed by atoms with Crippen LogP contribution in [0.4, 0.5) is 5.69 Å². The number of thioether (sulfide) groups is 1. The van der Waals surface area contributed by atoms with E-state index in [1.807, 2.05) is 32.0 Å². The average Bonchev–Trinajstić information content (AvgIpc) is 2.74. The van der Waals surface area contributed by atoms with E-state index in [9.17, 15) is 9.59 Å². The fourth-order valence-electron chi connectivity index (χ4n) is 3.03. The Bertz CT molecular complexity index is 1110. The van der Waals surface area contributed by atoms with Crippen LogP contribution < -0.4 is 20.3 Å². The van der Waals surface area contributed by atoms with Crippen LogP contribution in [0.15, 0.2) is 52.4 Å². The Kier molecular flexibility index (Phi) is 6.99. The Hall–Kier alpha value is -3.00. The molecule has 0 saturated heterocycles. The minimum Gasteiger partial charge on any atom is -0.493 e. The molecule has 0 aliphatic carbocycles. The molecule has 1 aromatic heterocycles. The van der Waals surface area contributed by atoms with Crippen LogP contribution in [0.5, 0.6) is 11.5 Å². The van der Waals surface area contributed by atoms with Crippen molar-refractivity contribution in [1.82, 2.24) is 9.55 Å². The van der Waals surface area contributed by atoms with Gasteiger partial charge in [-0.2, -0.15) is 0 Å². The molecule has 1 heterocycles. The van der Waals surface area contributed by atoms with Gasteiger partial charge >= 0.3 is 0 Å². The number of hydrogen-bond donors (Lipinski definition) is 1. The normalized spacial score (nSPS) is 11.0. The summed E-state index contributed by atoms with van der Waals surface area (Å²) < 4.78 is 12.1. The molecule has 3 aromatic rings. The van der Waals surface area contributed by atoms with Gasteiger partial charge in [-0.3, -0.25) is 14.2 Å². The lowest BCUT2D eigenvalue weighted by Gasteiger charge is -2.15. The summed E-state index contributed by atoms with van der Waals surface area (Å²) in [6, 6.07) is 12.4. The number of benzene rings is 2. The molecule has 1 N–H and O–H groups in total. The number of hydrogen-bond acceptors (Lipinski definition) is 6. The van der Waals surface area contributed by atoms with Gasteiger partial charge in [-0.15, -0.1) is 0 Å². The third-order valence-corrected chi connectivity index (χ3v) is 5.35. The molecule has 0 saturated carbocycles. The molecule has 1 amide bonds. The first-order chi connectivity index (χ1) is 14.4. The zero-order valence-corrected chi connectivity index (χ0v) is 18.3. The summed E-state index contributed by atoms with van der Waals surface area (Å²) in [6.45, 7) is 4.62. The van der Waals surface area contributed by atoms with Crippen LogP contribution in [0.25, 0.3) is 10.9 Å². The zero-order chi connectivity index (χ0) is 21.7. The number of carbonyl (C=O) groups is 1. The standard InChI is InChI=1S/C22H25N3O4S/c1-14(2)12-25-21(27)16-7-5-6-8-17(16)24-22(25)30-13-20(26)23-15-9-10-18(28-3)19(11-15)29-4/h5-11,14H,12-13H2,1-4H3,(H,23,26). The molecule has 0 bridgehead atoms. The minimum atomic E-state index is -0.203. The lowest BCUT2D eigenvalue weighted by molar-refractivity contribution is -0.113. The lowest BCUT2D eigenvalue weighted by Crippen LogP contribution is -2.26. The Morgan fingerprint density at radius 1 is 1.13 bits per heavy atom. The fourth-order valence-corrected chi connectivity index (χ4v) is 3.83. The highest BCUT2D eigenvalue weighted by atomic mass is 32.2. The highest BCUT2D eigenvalue weighted by molar-refractivity contribution is 7.99. The summed E-state index contributed by atoms with van der Waals surface area (Å²) >= 11 is 1.25. The maximum atomic E-state index is 12.9. The van der Waals surface area contributed by atoms with E-state index >= 15 is 0 Å². The van der Waals surface area contributed by atoms with Gasteiger partial charge in [-0.1, -0.05) is 37.7 Å². The SMILES string of the molecule is COc1ccc(NC(=O)CSc2nc3ccccc3c(=O)n2CC(C)C)cc1OC. The molecule has 0 atom stereocenters. The summed E-state index contributed by atoms with van der Waals surface area (Å²) in [5.41, 5.74) is 1.15. The summed E-state index contributed by atoms with van der Waals surface area (Å²) in [4.78, 5) is 30.1. The van der Waals surface area contributed by atoms with Crippen molar-refractivity contribution in [2.75, 3.05) is 25.3 Å². The third kappa shape index (κ3) is 4.94. The Balaban J connectivity index is 1.79. The van der Waals surface area contributed by atoms with E-state index in [0.29, 0.717) is 39.8 Å². The van der Waals surface area contributed by atoms with Crippen LogP contribution >= 0.6 is 11.8 Å². The van der Waals surface area contributed by atoms with Crippen molar-refractivity contribution >= 4 is 34.3 Å². The quantitative estimate of drug-likeness (QED) is 0.435. The van der Waals surface area contributed by atoms with Crippen molar-refractivity contribution in [2.24, 2.45) is 5.92 Å². The summed E-state index contributed by atoms with van der Waals surface area (Å²) in [5, 5.41) is 3.96. The summed E-state index contributed by atoms with van der Waals surface area (Å²) in [6.07, 6.45) is 0. The molecule has 0 aliphatic heterocycles. The van der Waals surface area contributed by atoms with Gasteiger partial charge in [0.2, 0.25) is 5.91 Å². The summed E-state index contributed by atoms with van der Waals surface area (Å²) in [7, 11) is 3.10. The number of para-hydroxylation sites is 1. The predicted octanol–water partition coefficient (Wildman–Crippen LogP) is 3.80. The van der Waals surface area contributed by atoms with Crippen LogP contribution in [-0.4, -0.2) is 35.4 Å². The Morgan fingerprint density at radius 3 is 2.57 bits per heavy atom. The number of rotatable bonds is 8. The second-order valence-electron chi connectivity index (χ2n) is 7.13. The number of nitrogens with zero attached hydrogens (tertiary/aromatic N) is 2. The molecule has 158 valence electrons. The highest BCUT2D eigenvalue weighted by Crippen LogP contribution is 2.30. The number of ether oxygens (including phenoxy) is 2. The molecule has 3 rings (SSSR count). The number of fused-ring (bicyclic) bond motifs is 1. The van der Waals surface area contributed by atoms with Crippen LogP contribution in [0.2, 0.25) is 0 Å². The monoisotopic (exact) mass is 427 g/mol. The number of methoxy groups -OCH3 is 2. The number of anilines is 1. The molecule has 7 nitrogen and oxygen atoms in total. The number of amides is 1. The lowest BCUT2D eigenvalue weighted by atomic mass is 10.2. The Labute approximate surface area is 179 Å². The molecule has 0 spiro atoms. The van der Waals surface area contributed by atoms with Gasteiger partial charge in [0.1, 0.15) is 0 Å². The third-order valence-electron chi connectivity index (χ3n) is 4.37.